The molecule has 0 aliphatic rings. The summed E-state index contributed by atoms with van der Waals surface area (Å²) in [5.41, 5.74) is 2.26. The highest BCUT2D eigenvalue weighted by Gasteiger charge is 2.34. The summed E-state index contributed by atoms with van der Waals surface area (Å²) >= 11 is 18.7. The van der Waals surface area contributed by atoms with Gasteiger partial charge >= 0.3 is 0 Å². The van der Waals surface area contributed by atoms with E-state index >= 15 is 0 Å². The average molecular weight is 486 g/mol. The zero-order valence-corrected chi connectivity index (χ0v) is 21.4. The number of hydrogen-bond donors (Lipinski definition) is 0. The zero-order valence-electron chi connectivity index (χ0n) is 18.3. The molecule has 0 spiro atoms. The van der Waals surface area contributed by atoms with Gasteiger partial charge in [-0.3, -0.25) is 9.59 Å². The first-order valence-electron chi connectivity index (χ1n) is 9.88. The molecule has 30 heavy (non-hydrogen) atoms. The summed E-state index contributed by atoms with van der Waals surface area (Å²) in [6.45, 7) is 12.4. The predicted molar refractivity (Wildman–Crippen MR) is 131 cm³/mol. The summed E-state index contributed by atoms with van der Waals surface area (Å²) in [6, 6.07) is 8.72. The SMILES string of the molecule is Cc1cccc(C)c1C(=O)P(CC(C)CC(C)(C)C)C(=O)c1c(Cl)cc(Cl)cc1Cl. The maximum absolute atomic E-state index is 13.7. The second-order valence-corrected chi connectivity index (χ2v) is 12.4. The third-order valence-corrected chi connectivity index (χ3v) is 8.09. The molecule has 2 rings (SSSR count). The molecule has 6 heteroatoms. The Morgan fingerprint density at radius 3 is 1.87 bits per heavy atom. The Balaban J connectivity index is 2.54. The van der Waals surface area contributed by atoms with Crippen LogP contribution < -0.4 is 0 Å². The molecule has 2 aromatic rings. The number of benzene rings is 2. The standard InChI is InChI=1S/C24H28Cl3O2P/c1-14(12-24(4,5)6)13-30(22(28)20-15(2)8-7-9-16(20)3)23(29)21-18(26)10-17(25)11-19(21)27/h7-11,14H,12-13H2,1-6H3. The van der Waals surface area contributed by atoms with Gasteiger partial charge in [0.25, 0.3) is 0 Å². The van der Waals surface area contributed by atoms with E-state index in [0.717, 1.165) is 17.5 Å². The fourth-order valence-corrected chi connectivity index (χ4v) is 7.37. The topological polar surface area (TPSA) is 34.1 Å². The van der Waals surface area contributed by atoms with Crippen LogP contribution in [-0.2, 0) is 0 Å². The van der Waals surface area contributed by atoms with Crippen LogP contribution in [0.2, 0.25) is 15.1 Å². The summed E-state index contributed by atoms with van der Waals surface area (Å²) in [4.78, 5) is 27.3. The van der Waals surface area contributed by atoms with Crippen molar-refractivity contribution < 1.29 is 9.59 Å². The van der Waals surface area contributed by atoms with Crippen LogP contribution in [0.25, 0.3) is 0 Å². The van der Waals surface area contributed by atoms with Gasteiger partial charge in [-0.25, -0.2) is 0 Å². The van der Waals surface area contributed by atoms with Crippen molar-refractivity contribution in [3.63, 3.8) is 0 Å². The molecular weight excluding hydrogens is 458 g/mol. The molecule has 162 valence electrons. The van der Waals surface area contributed by atoms with E-state index in [4.69, 9.17) is 34.8 Å². The van der Waals surface area contributed by atoms with Crippen molar-refractivity contribution in [2.24, 2.45) is 11.3 Å². The largest absolute Gasteiger partial charge is 0.289 e. The third kappa shape index (κ3) is 6.30. The maximum atomic E-state index is 13.7. The van der Waals surface area contributed by atoms with Crippen LogP contribution in [0.4, 0.5) is 0 Å². The average Bonchev–Trinajstić information content (AvgIpc) is 2.56. The lowest BCUT2D eigenvalue weighted by molar-refractivity contribution is 0.105. The lowest BCUT2D eigenvalue weighted by Gasteiger charge is -2.26. The van der Waals surface area contributed by atoms with Crippen LogP contribution in [-0.4, -0.2) is 17.2 Å². The molecule has 0 amide bonds. The van der Waals surface area contributed by atoms with Crippen LogP contribution in [0.3, 0.4) is 0 Å². The van der Waals surface area contributed by atoms with Crippen LogP contribution >= 0.6 is 42.7 Å². The van der Waals surface area contributed by atoms with Gasteiger partial charge < -0.3 is 0 Å². The molecule has 2 nitrogen and oxygen atoms in total. The number of carbonyl (C=O) groups is 2. The van der Waals surface area contributed by atoms with Gasteiger partial charge in [0.2, 0.25) is 0 Å². The van der Waals surface area contributed by atoms with E-state index in [1.165, 1.54) is 12.1 Å². The van der Waals surface area contributed by atoms with E-state index in [0.29, 0.717) is 16.7 Å². The van der Waals surface area contributed by atoms with Crippen LogP contribution in [0.15, 0.2) is 30.3 Å². The smallest absolute Gasteiger partial charge is 0.195 e. The first-order chi connectivity index (χ1) is 13.8. The first-order valence-corrected chi connectivity index (χ1v) is 12.5. The van der Waals surface area contributed by atoms with E-state index < -0.39 is 7.92 Å². The van der Waals surface area contributed by atoms with Crippen molar-refractivity contribution in [3.05, 3.63) is 67.7 Å². The van der Waals surface area contributed by atoms with Crippen LogP contribution in [0.1, 0.15) is 66.0 Å². The minimum Gasteiger partial charge on any atom is -0.289 e. The van der Waals surface area contributed by atoms with Crippen molar-refractivity contribution in [2.75, 3.05) is 6.16 Å². The minimum absolute atomic E-state index is 0.0979. The lowest BCUT2D eigenvalue weighted by atomic mass is 9.86. The molecule has 2 atom stereocenters. The van der Waals surface area contributed by atoms with E-state index in [9.17, 15) is 9.59 Å². The van der Waals surface area contributed by atoms with E-state index in [1.807, 2.05) is 32.0 Å². The number of aryl methyl sites for hydroxylation is 2. The molecule has 0 bridgehead atoms. The van der Waals surface area contributed by atoms with Gasteiger partial charge in [-0.2, -0.15) is 0 Å². The molecule has 0 radical (unpaired) electrons. The molecular formula is C24H28Cl3O2P. The molecule has 0 aliphatic carbocycles. The maximum Gasteiger partial charge on any atom is 0.195 e. The number of hydrogen-bond acceptors (Lipinski definition) is 2. The predicted octanol–water partition coefficient (Wildman–Crippen LogP) is 8.80. The Bertz CT molecular complexity index is 920. The van der Waals surface area contributed by atoms with Gasteiger partial charge in [-0.1, -0.05) is 80.7 Å². The number of carbonyl (C=O) groups excluding carboxylic acids is 2. The highest BCUT2D eigenvalue weighted by atomic mass is 35.5. The molecule has 0 heterocycles. The molecule has 2 aromatic carbocycles. The Hall–Kier alpha value is -0.920. The van der Waals surface area contributed by atoms with Gasteiger partial charge in [-0.05, 0) is 61.0 Å². The molecule has 0 saturated heterocycles. The summed E-state index contributed by atoms with van der Waals surface area (Å²) in [5, 5.41) is 0.721. The fraction of sp³-hybridized carbons (Fsp3) is 0.417. The fourth-order valence-electron chi connectivity index (χ4n) is 3.85. The normalized spacial score (nSPS) is 13.8. The van der Waals surface area contributed by atoms with E-state index in [-0.39, 0.29) is 38.0 Å². The van der Waals surface area contributed by atoms with E-state index in [2.05, 4.69) is 27.7 Å². The van der Waals surface area contributed by atoms with Gasteiger partial charge in [0, 0.05) is 18.5 Å². The van der Waals surface area contributed by atoms with E-state index in [1.54, 1.807) is 0 Å². The molecule has 0 saturated carbocycles. The number of rotatable bonds is 7. The van der Waals surface area contributed by atoms with Gasteiger partial charge in [0.15, 0.2) is 11.0 Å². The highest BCUT2D eigenvalue weighted by molar-refractivity contribution is 7.90. The Labute approximate surface area is 196 Å². The minimum atomic E-state index is -1.69. The van der Waals surface area contributed by atoms with Crippen molar-refractivity contribution in [3.8, 4) is 0 Å². The van der Waals surface area contributed by atoms with Crippen LogP contribution in [0.5, 0.6) is 0 Å². The third-order valence-electron chi connectivity index (χ3n) is 4.86. The Kier molecular flexibility index (Phi) is 8.56. The molecule has 0 aromatic heterocycles. The monoisotopic (exact) mass is 484 g/mol. The van der Waals surface area contributed by atoms with Gasteiger partial charge in [-0.15, -0.1) is 0 Å². The first kappa shape index (κ1) is 25.3. The second kappa shape index (κ2) is 10.1. The van der Waals surface area contributed by atoms with Crippen molar-refractivity contribution in [1.82, 2.24) is 0 Å². The van der Waals surface area contributed by atoms with Crippen LogP contribution in [0, 0.1) is 25.2 Å². The van der Waals surface area contributed by atoms with Crippen molar-refractivity contribution in [1.29, 1.82) is 0 Å². The zero-order chi connectivity index (χ0) is 22.8. The quantitative estimate of drug-likeness (QED) is 0.367. The Morgan fingerprint density at radius 1 is 0.933 bits per heavy atom. The second-order valence-electron chi connectivity index (χ2n) is 9.10. The van der Waals surface area contributed by atoms with Gasteiger partial charge in [0.1, 0.15) is 0 Å². The highest BCUT2D eigenvalue weighted by Crippen LogP contribution is 2.49. The van der Waals surface area contributed by atoms with Crippen molar-refractivity contribution in [2.45, 2.75) is 48.0 Å². The molecule has 0 fully saturated rings. The summed E-state index contributed by atoms with van der Waals surface area (Å²) < 4.78 is 0. The summed E-state index contributed by atoms with van der Waals surface area (Å²) in [5.74, 6) is 0.193. The van der Waals surface area contributed by atoms with Gasteiger partial charge in [0.05, 0.1) is 15.6 Å². The Morgan fingerprint density at radius 2 is 1.40 bits per heavy atom. The van der Waals surface area contributed by atoms with Crippen molar-refractivity contribution >= 4 is 53.8 Å². The summed E-state index contributed by atoms with van der Waals surface area (Å²) in [7, 11) is -1.69. The molecule has 0 N–H and O–H groups in total. The number of halogens is 3. The summed E-state index contributed by atoms with van der Waals surface area (Å²) in [6.07, 6.45) is 1.40. The lowest BCUT2D eigenvalue weighted by Crippen LogP contribution is -2.19. The molecule has 0 aliphatic heterocycles. The molecule has 2 unspecified atom stereocenters.